The van der Waals surface area contributed by atoms with Crippen LogP contribution in [0.4, 0.5) is 8.78 Å². The van der Waals surface area contributed by atoms with Crippen LogP contribution in [0.15, 0.2) is 24.3 Å². The minimum absolute atomic E-state index is 0.269. The van der Waals surface area contributed by atoms with Crippen LogP contribution in [0.25, 0.3) is 0 Å². The average molecular weight is 252 g/mol. The Balaban J connectivity index is 3.22. The van der Waals surface area contributed by atoms with Gasteiger partial charge in [-0.05, 0) is 12.1 Å². The first-order valence-corrected chi connectivity index (χ1v) is 5.29. The van der Waals surface area contributed by atoms with Crippen LogP contribution in [-0.2, 0) is 15.4 Å². The average Bonchev–Trinajstić information content (AvgIpc) is 2.16. The van der Waals surface area contributed by atoms with Crippen LogP contribution in [0.5, 0.6) is 0 Å². The van der Waals surface area contributed by atoms with Crippen LogP contribution in [0.3, 0.4) is 0 Å². The third-order valence-corrected chi connectivity index (χ3v) is 2.68. The van der Waals surface area contributed by atoms with Gasteiger partial charge < -0.3 is 5.11 Å². The fourth-order valence-corrected chi connectivity index (χ4v) is 1.39. The Bertz CT molecular complexity index is 506. The summed E-state index contributed by atoms with van der Waals surface area (Å²) >= 11 is 0. The molecular weight excluding hydrogens is 246 g/mol. The second kappa shape index (κ2) is 3.80. The molecule has 8 heteroatoms. The van der Waals surface area contributed by atoms with E-state index < -0.39 is 26.9 Å². The molecule has 0 spiro atoms. The fourth-order valence-electron chi connectivity index (χ4n) is 0.956. The van der Waals surface area contributed by atoms with Gasteiger partial charge in [0.15, 0.2) is 0 Å². The molecule has 0 aromatic heterocycles. The lowest BCUT2D eigenvalue weighted by Gasteiger charge is -2.12. The van der Waals surface area contributed by atoms with Crippen molar-refractivity contribution in [3.05, 3.63) is 35.4 Å². The highest BCUT2D eigenvalue weighted by Crippen LogP contribution is 2.33. The van der Waals surface area contributed by atoms with E-state index in [1.807, 2.05) is 0 Å². The first kappa shape index (κ1) is 12.5. The maximum Gasteiger partial charge on any atom is 0.395 e. The molecule has 16 heavy (non-hydrogen) atoms. The van der Waals surface area contributed by atoms with Crippen LogP contribution in [0.2, 0.25) is 0 Å². The molecular formula is C8H6F2O5S. The zero-order valence-corrected chi connectivity index (χ0v) is 8.41. The van der Waals surface area contributed by atoms with Gasteiger partial charge in [0.2, 0.25) is 0 Å². The van der Waals surface area contributed by atoms with E-state index in [9.17, 15) is 22.0 Å². The van der Waals surface area contributed by atoms with Crippen molar-refractivity contribution >= 4 is 16.1 Å². The quantitative estimate of drug-likeness (QED) is 0.791. The smallest absolute Gasteiger partial charge is 0.395 e. The zero-order valence-electron chi connectivity index (χ0n) is 7.59. The van der Waals surface area contributed by atoms with Gasteiger partial charge in [-0.15, -0.1) is 0 Å². The predicted molar refractivity (Wildman–Crippen MR) is 48.8 cm³/mol. The van der Waals surface area contributed by atoms with E-state index in [1.165, 1.54) is 0 Å². The molecule has 88 valence electrons. The molecule has 2 N–H and O–H groups in total. The molecule has 0 bridgehead atoms. The highest BCUT2D eigenvalue weighted by Gasteiger charge is 2.45. The van der Waals surface area contributed by atoms with Crippen molar-refractivity contribution in [2.24, 2.45) is 0 Å². The van der Waals surface area contributed by atoms with Gasteiger partial charge in [0.05, 0.1) is 5.56 Å². The highest BCUT2D eigenvalue weighted by atomic mass is 32.2. The molecule has 0 saturated heterocycles. The molecule has 0 unspecified atom stereocenters. The lowest BCUT2D eigenvalue weighted by Crippen LogP contribution is -2.25. The number of aromatic carboxylic acids is 1. The summed E-state index contributed by atoms with van der Waals surface area (Å²) in [7, 11) is -5.57. The minimum atomic E-state index is -5.57. The van der Waals surface area contributed by atoms with Crippen molar-refractivity contribution in [2.45, 2.75) is 5.25 Å². The van der Waals surface area contributed by atoms with Crippen LogP contribution >= 0.6 is 0 Å². The van der Waals surface area contributed by atoms with Crippen molar-refractivity contribution in [3.63, 3.8) is 0 Å². The summed E-state index contributed by atoms with van der Waals surface area (Å²) in [6.07, 6.45) is 0. The second-order valence-corrected chi connectivity index (χ2v) is 4.34. The first-order chi connectivity index (χ1) is 7.16. The standard InChI is InChI=1S/C8H6F2O5S/c9-8(10,16(13,14)15)6-3-1-5(2-4-6)7(11)12/h1-4H,(H,11,12)(H,13,14,15). The zero-order chi connectivity index (χ0) is 12.6. The lowest BCUT2D eigenvalue weighted by molar-refractivity contribution is 0.0694. The second-order valence-electron chi connectivity index (χ2n) is 2.87. The molecule has 0 heterocycles. The highest BCUT2D eigenvalue weighted by molar-refractivity contribution is 7.86. The van der Waals surface area contributed by atoms with Gasteiger partial charge in [-0.2, -0.15) is 17.2 Å². The Morgan fingerprint density at radius 2 is 1.62 bits per heavy atom. The molecule has 0 aliphatic rings. The number of hydrogen-bond donors (Lipinski definition) is 2. The Labute approximate surface area is 89.1 Å². The molecule has 0 amide bonds. The van der Waals surface area contributed by atoms with E-state index in [0.29, 0.717) is 12.1 Å². The van der Waals surface area contributed by atoms with Crippen molar-refractivity contribution in [2.75, 3.05) is 0 Å². The van der Waals surface area contributed by atoms with Crippen LogP contribution < -0.4 is 0 Å². The molecule has 0 fully saturated rings. The van der Waals surface area contributed by atoms with E-state index in [1.54, 1.807) is 0 Å². The number of halogens is 2. The summed E-state index contributed by atoms with van der Waals surface area (Å²) in [6.45, 7) is 0. The molecule has 0 aliphatic heterocycles. The number of carbonyl (C=O) groups is 1. The lowest BCUT2D eigenvalue weighted by atomic mass is 10.1. The van der Waals surface area contributed by atoms with Crippen molar-refractivity contribution in [3.8, 4) is 0 Å². The van der Waals surface area contributed by atoms with Crippen LogP contribution in [0, 0.1) is 0 Å². The number of alkyl halides is 2. The van der Waals surface area contributed by atoms with E-state index >= 15 is 0 Å². The first-order valence-electron chi connectivity index (χ1n) is 3.85. The Kier molecular flexibility index (Phi) is 2.97. The largest absolute Gasteiger partial charge is 0.478 e. The summed E-state index contributed by atoms with van der Waals surface area (Å²) in [5.74, 6) is -1.33. The molecule has 0 radical (unpaired) electrons. The summed E-state index contributed by atoms with van der Waals surface area (Å²) < 4.78 is 55.0. The SMILES string of the molecule is O=C(O)c1ccc(C(F)(F)S(=O)(=O)O)cc1. The summed E-state index contributed by atoms with van der Waals surface area (Å²) in [5, 5.41) is 4.03. The van der Waals surface area contributed by atoms with Crippen molar-refractivity contribution in [1.82, 2.24) is 0 Å². The van der Waals surface area contributed by atoms with Gasteiger partial charge in [0.1, 0.15) is 0 Å². The molecule has 0 atom stereocenters. The molecule has 0 aliphatic carbocycles. The van der Waals surface area contributed by atoms with E-state index in [4.69, 9.17) is 9.66 Å². The molecule has 5 nitrogen and oxygen atoms in total. The van der Waals surface area contributed by atoms with Gasteiger partial charge in [-0.25, -0.2) is 4.79 Å². The number of carboxylic acid groups (broad SMARTS) is 1. The Morgan fingerprint density at radius 1 is 1.19 bits per heavy atom. The number of benzene rings is 1. The maximum absolute atomic E-state index is 13.0. The topological polar surface area (TPSA) is 91.7 Å². The van der Waals surface area contributed by atoms with Gasteiger partial charge in [-0.1, -0.05) is 12.1 Å². The predicted octanol–water partition coefficient (Wildman–Crippen LogP) is 1.32. The van der Waals surface area contributed by atoms with E-state index in [0.717, 1.165) is 12.1 Å². The summed E-state index contributed by atoms with van der Waals surface area (Å²) in [5.41, 5.74) is -1.27. The number of hydrogen-bond acceptors (Lipinski definition) is 3. The third kappa shape index (κ3) is 2.17. The molecule has 1 aromatic carbocycles. The third-order valence-electron chi connectivity index (χ3n) is 1.79. The van der Waals surface area contributed by atoms with Crippen molar-refractivity contribution < 1.29 is 31.7 Å². The van der Waals surface area contributed by atoms with Crippen molar-refractivity contribution in [1.29, 1.82) is 0 Å². The van der Waals surface area contributed by atoms with Gasteiger partial charge in [0.25, 0.3) is 0 Å². The Hall–Kier alpha value is -1.54. The summed E-state index contributed by atoms with van der Waals surface area (Å²) in [4.78, 5) is 10.4. The fraction of sp³-hybridized carbons (Fsp3) is 0.125. The maximum atomic E-state index is 13.0. The number of rotatable bonds is 3. The van der Waals surface area contributed by atoms with Crippen LogP contribution in [-0.4, -0.2) is 24.0 Å². The minimum Gasteiger partial charge on any atom is -0.478 e. The summed E-state index contributed by atoms with van der Waals surface area (Å²) in [6, 6.07) is 2.88. The van der Waals surface area contributed by atoms with Gasteiger partial charge in [-0.3, -0.25) is 4.55 Å². The van der Waals surface area contributed by atoms with Gasteiger partial charge >= 0.3 is 21.3 Å². The monoisotopic (exact) mass is 252 g/mol. The number of carboxylic acids is 1. The van der Waals surface area contributed by atoms with Gasteiger partial charge in [0, 0.05) is 5.56 Å². The van der Waals surface area contributed by atoms with E-state index in [2.05, 4.69) is 0 Å². The molecule has 1 aromatic rings. The molecule has 0 saturated carbocycles. The van der Waals surface area contributed by atoms with E-state index in [-0.39, 0.29) is 5.56 Å². The normalized spacial score (nSPS) is 12.4. The molecule has 1 rings (SSSR count). The van der Waals surface area contributed by atoms with Crippen LogP contribution in [0.1, 0.15) is 15.9 Å². The Morgan fingerprint density at radius 3 is 1.94 bits per heavy atom.